The van der Waals surface area contributed by atoms with Crippen LogP contribution in [0, 0.1) is 0 Å². The van der Waals surface area contributed by atoms with Gasteiger partial charge in [-0.05, 0) is 23.3 Å². The van der Waals surface area contributed by atoms with Crippen molar-refractivity contribution in [3.63, 3.8) is 0 Å². The predicted octanol–water partition coefficient (Wildman–Crippen LogP) is 2.97. The van der Waals surface area contributed by atoms with Crippen LogP contribution in [0.25, 0.3) is 6.08 Å². The highest BCUT2D eigenvalue weighted by Gasteiger charge is 2.15. The number of rotatable bonds is 6. The predicted molar refractivity (Wildman–Crippen MR) is 96.0 cm³/mol. The van der Waals surface area contributed by atoms with E-state index in [0.29, 0.717) is 12.4 Å². The maximum absolute atomic E-state index is 11.9. The van der Waals surface area contributed by atoms with E-state index in [0.717, 1.165) is 37.2 Å². The topological polar surface area (TPSA) is 60.5 Å². The summed E-state index contributed by atoms with van der Waals surface area (Å²) < 4.78 is 11.2. The van der Waals surface area contributed by atoms with Crippen LogP contribution in [-0.2, 0) is 16.1 Å². The van der Waals surface area contributed by atoms with Crippen LogP contribution in [0.1, 0.15) is 24.0 Å². The Morgan fingerprint density at radius 1 is 1.24 bits per heavy atom. The highest BCUT2D eigenvalue weighted by Crippen LogP contribution is 2.16. The van der Waals surface area contributed by atoms with E-state index in [2.05, 4.69) is 10.3 Å². The molecule has 1 aliphatic heterocycles. The number of carbonyl (C=O) groups excluding carboxylic acids is 1. The zero-order chi connectivity index (χ0) is 17.3. The van der Waals surface area contributed by atoms with Gasteiger partial charge in [0.2, 0.25) is 11.8 Å². The van der Waals surface area contributed by atoms with Crippen molar-refractivity contribution in [3.8, 4) is 5.88 Å². The summed E-state index contributed by atoms with van der Waals surface area (Å²) in [6.45, 7) is 1.90. The van der Waals surface area contributed by atoms with Crippen molar-refractivity contribution in [2.24, 2.45) is 0 Å². The number of amides is 1. The third-order valence-electron chi connectivity index (χ3n) is 3.95. The summed E-state index contributed by atoms with van der Waals surface area (Å²) in [6.07, 6.45) is 6.95. The highest BCUT2D eigenvalue weighted by atomic mass is 16.5. The van der Waals surface area contributed by atoms with Crippen LogP contribution >= 0.6 is 0 Å². The van der Waals surface area contributed by atoms with Crippen LogP contribution in [0.2, 0.25) is 0 Å². The fourth-order valence-corrected chi connectivity index (χ4v) is 2.57. The molecule has 0 saturated carbocycles. The molecule has 0 atom stereocenters. The molecule has 1 aromatic heterocycles. The van der Waals surface area contributed by atoms with Crippen LogP contribution in [0.4, 0.5) is 0 Å². The van der Waals surface area contributed by atoms with E-state index in [9.17, 15) is 4.79 Å². The second kappa shape index (κ2) is 8.99. The van der Waals surface area contributed by atoms with Crippen molar-refractivity contribution in [1.29, 1.82) is 0 Å². The summed E-state index contributed by atoms with van der Waals surface area (Å²) in [6, 6.07) is 13.5. The first kappa shape index (κ1) is 17.2. The molecule has 0 unspecified atom stereocenters. The Kier molecular flexibility index (Phi) is 6.17. The van der Waals surface area contributed by atoms with Gasteiger partial charge in [-0.15, -0.1) is 0 Å². The van der Waals surface area contributed by atoms with Gasteiger partial charge in [0.1, 0.15) is 6.10 Å². The number of benzene rings is 1. The van der Waals surface area contributed by atoms with E-state index < -0.39 is 0 Å². The average molecular weight is 338 g/mol. The highest BCUT2D eigenvalue weighted by molar-refractivity contribution is 5.91. The number of hydrogen-bond donors (Lipinski definition) is 1. The summed E-state index contributed by atoms with van der Waals surface area (Å²) in [5.74, 6) is 0.464. The quantitative estimate of drug-likeness (QED) is 0.823. The average Bonchev–Trinajstić information content (AvgIpc) is 2.67. The fourth-order valence-electron chi connectivity index (χ4n) is 2.57. The molecule has 3 rings (SSSR count). The van der Waals surface area contributed by atoms with Gasteiger partial charge >= 0.3 is 0 Å². The molecule has 1 aromatic carbocycles. The maximum atomic E-state index is 11.9. The number of ether oxygens (including phenoxy) is 2. The molecule has 1 saturated heterocycles. The number of aromatic nitrogens is 1. The van der Waals surface area contributed by atoms with Crippen molar-refractivity contribution in [3.05, 3.63) is 65.9 Å². The van der Waals surface area contributed by atoms with Crippen LogP contribution in [0.5, 0.6) is 5.88 Å². The molecule has 1 N–H and O–H groups in total. The van der Waals surface area contributed by atoms with Crippen molar-refractivity contribution in [1.82, 2.24) is 10.3 Å². The van der Waals surface area contributed by atoms with E-state index in [1.807, 2.05) is 42.5 Å². The molecule has 25 heavy (non-hydrogen) atoms. The third-order valence-corrected chi connectivity index (χ3v) is 3.95. The van der Waals surface area contributed by atoms with E-state index in [4.69, 9.17) is 9.47 Å². The minimum Gasteiger partial charge on any atom is -0.474 e. The second-order valence-electron chi connectivity index (χ2n) is 5.89. The van der Waals surface area contributed by atoms with Gasteiger partial charge in [0.15, 0.2) is 0 Å². The van der Waals surface area contributed by atoms with Crippen LogP contribution < -0.4 is 10.1 Å². The normalized spacial score (nSPS) is 15.2. The van der Waals surface area contributed by atoms with Crippen LogP contribution in [-0.4, -0.2) is 30.2 Å². The molecule has 5 nitrogen and oxygen atoms in total. The first-order valence-electron chi connectivity index (χ1n) is 8.50. The van der Waals surface area contributed by atoms with Crippen LogP contribution in [0.15, 0.2) is 54.7 Å². The monoisotopic (exact) mass is 338 g/mol. The van der Waals surface area contributed by atoms with E-state index in [-0.39, 0.29) is 12.0 Å². The standard InChI is InChI=1S/C20H22N2O3/c23-19(7-6-16-4-2-1-3-5-16)22-15-17-8-11-21-20(14-17)25-18-9-12-24-13-10-18/h1-8,11,14,18H,9-10,12-13,15H2,(H,22,23). The van der Waals surface area contributed by atoms with Gasteiger partial charge in [-0.3, -0.25) is 4.79 Å². The van der Waals surface area contributed by atoms with Gasteiger partial charge in [0, 0.05) is 37.7 Å². The molecule has 1 aliphatic rings. The first-order valence-corrected chi connectivity index (χ1v) is 8.50. The van der Waals surface area contributed by atoms with Crippen molar-refractivity contribution < 1.29 is 14.3 Å². The van der Waals surface area contributed by atoms with Gasteiger partial charge in [0.25, 0.3) is 0 Å². The maximum Gasteiger partial charge on any atom is 0.244 e. The molecule has 5 heteroatoms. The van der Waals surface area contributed by atoms with Gasteiger partial charge < -0.3 is 14.8 Å². The summed E-state index contributed by atoms with van der Waals surface area (Å²) in [5, 5.41) is 2.87. The lowest BCUT2D eigenvalue weighted by molar-refractivity contribution is -0.116. The smallest absolute Gasteiger partial charge is 0.244 e. The molecule has 130 valence electrons. The number of nitrogens with one attached hydrogen (secondary N) is 1. The van der Waals surface area contributed by atoms with E-state index in [1.54, 1.807) is 12.3 Å². The summed E-state index contributed by atoms with van der Waals surface area (Å²) >= 11 is 0. The fraction of sp³-hybridized carbons (Fsp3) is 0.300. The molecular formula is C20H22N2O3. The Balaban J connectivity index is 1.50. The van der Waals surface area contributed by atoms with Crippen molar-refractivity contribution in [2.45, 2.75) is 25.5 Å². The Hall–Kier alpha value is -2.66. The lowest BCUT2D eigenvalue weighted by atomic mass is 10.1. The molecule has 2 heterocycles. The zero-order valence-corrected chi connectivity index (χ0v) is 14.1. The largest absolute Gasteiger partial charge is 0.474 e. The third kappa shape index (κ3) is 5.72. The minimum atomic E-state index is -0.132. The van der Waals surface area contributed by atoms with Crippen molar-refractivity contribution >= 4 is 12.0 Å². The number of carbonyl (C=O) groups is 1. The molecule has 0 aliphatic carbocycles. The van der Waals surface area contributed by atoms with E-state index >= 15 is 0 Å². The van der Waals surface area contributed by atoms with Gasteiger partial charge in [-0.25, -0.2) is 4.98 Å². The Morgan fingerprint density at radius 3 is 2.84 bits per heavy atom. The molecule has 0 radical (unpaired) electrons. The molecule has 1 fully saturated rings. The Labute approximate surface area is 147 Å². The zero-order valence-electron chi connectivity index (χ0n) is 14.1. The summed E-state index contributed by atoms with van der Waals surface area (Å²) in [7, 11) is 0. The number of hydrogen-bond acceptors (Lipinski definition) is 4. The molecule has 0 bridgehead atoms. The summed E-state index contributed by atoms with van der Waals surface area (Å²) in [4.78, 5) is 16.2. The first-order chi connectivity index (χ1) is 12.3. The van der Waals surface area contributed by atoms with Gasteiger partial charge in [0.05, 0.1) is 13.2 Å². The number of pyridine rings is 1. The summed E-state index contributed by atoms with van der Waals surface area (Å²) in [5.41, 5.74) is 1.95. The van der Waals surface area contributed by atoms with Gasteiger partial charge in [-0.2, -0.15) is 0 Å². The van der Waals surface area contributed by atoms with Crippen molar-refractivity contribution in [2.75, 3.05) is 13.2 Å². The Morgan fingerprint density at radius 2 is 2.04 bits per heavy atom. The molecular weight excluding hydrogens is 316 g/mol. The van der Waals surface area contributed by atoms with Gasteiger partial charge in [-0.1, -0.05) is 30.3 Å². The SMILES string of the molecule is O=C(C=Cc1ccccc1)NCc1ccnc(OC2CCOCC2)c1. The van der Waals surface area contributed by atoms with E-state index in [1.165, 1.54) is 6.08 Å². The number of nitrogens with zero attached hydrogens (tertiary/aromatic N) is 1. The molecule has 0 spiro atoms. The lowest BCUT2D eigenvalue weighted by Crippen LogP contribution is -2.26. The van der Waals surface area contributed by atoms with Crippen LogP contribution in [0.3, 0.4) is 0 Å². The molecule has 1 amide bonds. The molecule has 2 aromatic rings. The lowest BCUT2D eigenvalue weighted by Gasteiger charge is -2.22. The second-order valence-corrected chi connectivity index (χ2v) is 5.89. The minimum absolute atomic E-state index is 0.132. The Bertz CT molecular complexity index is 710.